The minimum atomic E-state index is 0.880. The summed E-state index contributed by atoms with van der Waals surface area (Å²) in [6, 6.07) is 19.5. The zero-order valence-corrected chi connectivity index (χ0v) is 21.2. The van der Waals surface area contributed by atoms with Crippen LogP contribution < -0.4 is 19.3 Å². The Morgan fingerprint density at radius 3 is 1.58 bits per heavy atom. The third-order valence-electron chi connectivity index (χ3n) is 6.46. The molecule has 0 aliphatic carbocycles. The molecule has 33 heavy (non-hydrogen) atoms. The van der Waals surface area contributed by atoms with Crippen LogP contribution in [0.5, 0.6) is 11.5 Å². The minimum Gasteiger partial charge on any atom is -0.496 e. The molecule has 0 saturated heterocycles. The van der Waals surface area contributed by atoms with Gasteiger partial charge in [-0.15, -0.1) is 0 Å². The molecule has 0 unspecified atom stereocenters. The Labute approximate surface area is 199 Å². The second-order valence-corrected chi connectivity index (χ2v) is 8.11. The average molecular weight is 447 g/mol. The number of hydrogen-bond acceptors (Lipinski definition) is 4. The molecule has 3 aromatic carbocycles. The van der Waals surface area contributed by atoms with Crippen LogP contribution in [0.15, 0.2) is 54.6 Å². The van der Waals surface area contributed by atoms with E-state index in [0.717, 1.165) is 54.4 Å². The van der Waals surface area contributed by atoms with E-state index in [9.17, 15) is 0 Å². The molecule has 0 aliphatic rings. The number of aryl methyl sites for hydroxylation is 1. The van der Waals surface area contributed by atoms with Gasteiger partial charge in [-0.3, -0.25) is 0 Å². The number of nitrogens with zero attached hydrogens (tertiary/aromatic N) is 2. The second kappa shape index (κ2) is 11.1. The van der Waals surface area contributed by atoms with Gasteiger partial charge in [-0.1, -0.05) is 18.2 Å². The van der Waals surface area contributed by atoms with E-state index >= 15 is 0 Å². The third-order valence-corrected chi connectivity index (χ3v) is 6.46. The van der Waals surface area contributed by atoms with Gasteiger partial charge in [0, 0.05) is 60.8 Å². The minimum absolute atomic E-state index is 0.880. The largest absolute Gasteiger partial charge is 0.496 e. The fourth-order valence-corrected chi connectivity index (χ4v) is 4.61. The zero-order chi connectivity index (χ0) is 24.0. The van der Waals surface area contributed by atoms with Crippen molar-refractivity contribution in [2.45, 2.75) is 34.6 Å². The normalized spacial score (nSPS) is 10.8. The van der Waals surface area contributed by atoms with Crippen molar-refractivity contribution in [1.82, 2.24) is 0 Å². The molecule has 0 aromatic heterocycles. The summed E-state index contributed by atoms with van der Waals surface area (Å²) in [7, 11) is 3.50. The summed E-state index contributed by atoms with van der Waals surface area (Å²) in [4.78, 5) is 4.67. The number of benzene rings is 3. The quantitative estimate of drug-likeness (QED) is 0.333. The summed E-state index contributed by atoms with van der Waals surface area (Å²) in [5.41, 5.74) is 8.06. The molecule has 3 aromatic rings. The molecule has 0 spiro atoms. The zero-order valence-electron chi connectivity index (χ0n) is 21.2. The molecular formula is C29H38N2O2. The van der Waals surface area contributed by atoms with E-state index < -0.39 is 0 Å². The van der Waals surface area contributed by atoms with E-state index in [-0.39, 0.29) is 0 Å². The maximum absolute atomic E-state index is 5.90. The molecule has 0 radical (unpaired) electrons. The van der Waals surface area contributed by atoms with Crippen LogP contribution in [-0.4, -0.2) is 40.4 Å². The third kappa shape index (κ3) is 4.95. The molecule has 3 rings (SSSR count). The fraction of sp³-hybridized carbons (Fsp3) is 0.379. The van der Waals surface area contributed by atoms with E-state index in [2.05, 4.69) is 99.0 Å². The summed E-state index contributed by atoms with van der Waals surface area (Å²) in [5.74, 6) is 1.76. The first-order chi connectivity index (χ1) is 16.0. The van der Waals surface area contributed by atoms with Crippen molar-refractivity contribution >= 4 is 11.4 Å². The van der Waals surface area contributed by atoms with Crippen LogP contribution in [0.1, 0.15) is 33.3 Å². The van der Waals surface area contributed by atoms with Gasteiger partial charge < -0.3 is 19.3 Å². The number of rotatable bonds is 10. The lowest BCUT2D eigenvalue weighted by atomic mass is 9.89. The number of methoxy groups -OCH3 is 2. The molecule has 4 nitrogen and oxygen atoms in total. The van der Waals surface area contributed by atoms with Crippen LogP contribution in [0, 0.1) is 6.92 Å². The van der Waals surface area contributed by atoms with Gasteiger partial charge in [0.15, 0.2) is 0 Å². The molecular weight excluding hydrogens is 408 g/mol. The van der Waals surface area contributed by atoms with Crippen LogP contribution in [0.2, 0.25) is 0 Å². The first-order valence-corrected chi connectivity index (χ1v) is 12.0. The standard InChI is InChI=1S/C29H38N2O2/c1-8-30(9-2)22-15-17-24(27(19-22)32-6)25-14-12-13-21(5)29(25)26-18-16-23(20-28(26)33-7)31(10-3)11-4/h12-20H,8-11H2,1-7H3. The summed E-state index contributed by atoms with van der Waals surface area (Å²) >= 11 is 0. The van der Waals surface area contributed by atoms with E-state index in [1.165, 1.54) is 22.5 Å². The number of hydrogen-bond donors (Lipinski definition) is 0. The maximum Gasteiger partial charge on any atom is 0.128 e. The van der Waals surface area contributed by atoms with Gasteiger partial charge in [0.25, 0.3) is 0 Å². The van der Waals surface area contributed by atoms with Crippen molar-refractivity contribution in [1.29, 1.82) is 0 Å². The van der Waals surface area contributed by atoms with Gasteiger partial charge in [-0.05, 0) is 75.6 Å². The van der Waals surface area contributed by atoms with Gasteiger partial charge >= 0.3 is 0 Å². The SMILES string of the molecule is CCN(CC)c1ccc(-c2cccc(C)c2-c2ccc(N(CC)CC)cc2OC)c(OC)c1. The lowest BCUT2D eigenvalue weighted by Crippen LogP contribution is -2.21. The molecule has 0 aliphatic heterocycles. The summed E-state index contributed by atoms with van der Waals surface area (Å²) in [6.45, 7) is 14.7. The maximum atomic E-state index is 5.90. The highest BCUT2D eigenvalue weighted by Crippen LogP contribution is 2.44. The molecule has 4 heteroatoms. The summed E-state index contributed by atoms with van der Waals surface area (Å²) < 4.78 is 11.8. The highest BCUT2D eigenvalue weighted by atomic mass is 16.5. The van der Waals surface area contributed by atoms with Gasteiger partial charge in [0.1, 0.15) is 11.5 Å². The first kappa shape index (κ1) is 24.5. The predicted molar refractivity (Wildman–Crippen MR) is 142 cm³/mol. The van der Waals surface area contributed by atoms with E-state index in [1.807, 2.05) is 0 Å². The number of anilines is 2. The lowest BCUT2D eigenvalue weighted by molar-refractivity contribution is 0.415. The Bertz CT molecular complexity index is 1070. The molecule has 0 N–H and O–H groups in total. The molecule has 0 heterocycles. The Hall–Kier alpha value is -3.14. The molecule has 176 valence electrons. The highest BCUT2D eigenvalue weighted by molar-refractivity contribution is 5.91. The Morgan fingerprint density at radius 1 is 0.606 bits per heavy atom. The Balaban J connectivity index is 2.19. The van der Waals surface area contributed by atoms with E-state index in [4.69, 9.17) is 9.47 Å². The lowest BCUT2D eigenvalue weighted by Gasteiger charge is -2.24. The Kier molecular flexibility index (Phi) is 8.26. The topological polar surface area (TPSA) is 24.9 Å². The van der Waals surface area contributed by atoms with E-state index in [1.54, 1.807) is 14.2 Å². The second-order valence-electron chi connectivity index (χ2n) is 8.11. The van der Waals surface area contributed by atoms with Gasteiger partial charge in [-0.2, -0.15) is 0 Å². The molecule has 0 bridgehead atoms. The van der Waals surface area contributed by atoms with Gasteiger partial charge in [0.05, 0.1) is 14.2 Å². The van der Waals surface area contributed by atoms with Crippen LogP contribution in [0.4, 0.5) is 11.4 Å². The van der Waals surface area contributed by atoms with Crippen LogP contribution in [0.25, 0.3) is 22.3 Å². The summed E-state index contributed by atoms with van der Waals surface area (Å²) in [6.07, 6.45) is 0. The molecule has 0 saturated carbocycles. The highest BCUT2D eigenvalue weighted by Gasteiger charge is 2.19. The predicted octanol–water partition coefficient (Wildman–Crippen LogP) is 7.04. The van der Waals surface area contributed by atoms with Gasteiger partial charge in [-0.25, -0.2) is 0 Å². The van der Waals surface area contributed by atoms with Crippen molar-refractivity contribution in [3.63, 3.8) is 0 Å². The average Bonchev–Trinajstić information content (AvgIpc) is 2.85. The van der Waals surface area contributed by atoms with Gasteiger partial charge in [0.2, 0.25) is 0 Å². The molecule has 0 amide bonds. The van der Waals surface area contributed by atoms with Crippen molar-refractivity contribution < 1.29 is 9.47 Å². The Morgan fingerprint density at radius 2 is 1.09 bits per heavy atom. The van der Waals surface area contributed by atoms with Crippen molar-refractivity contribution in [2.75, 3.05) is 50.2 Å². The van der Waals surface area contributed by atoms with Crippen molar-refractivity contribution in [3.05, 3.63) is 60.2 Å². The summed E-state index contributed by atoms with van der Waals surface area (Å²) in [5, 5.41) is 0. The van der Waals surface area contributed by atoms with Crippen molar-refractivity contribution in [3.8, 4) is 33.8 Å². The van der Waals surface area contributed by atoms with Crippen LogP contribution in [-0.2, 0) is 0 Å². The first-order valence-electron chi connectivity index (χ1n) is 12.0. The number of ether oxygens (including phenoxy) is 2. The smallest absolute Gasteiger partial charge is 0.128 e. The molecule has 0 atom stereocenters. The van der Waals surface area contributed by atoms with Crippen LogP contribution >= 0.6 is 0 Å². The van der Waals surface area contributed by atoms with Crippen molar-refractivity contribution in [2.24, 2.45) is 0 Å². The van der Waals surface area contributed by atoms with E-state index in [0.29, 0.717) is 0 Å². The van der Waals surface area contributed by atoms with Crippen LogP contribution in [0.3, 0.4) is 0 Å². The fourth-order valence-electron chi connectivity index (χ4n) is 4.61. The monoisotopic (exact) mass is 446 g/mol. The molecule has 0 fully saturated rings.